The van der Waals surface area contributed by atoms with E-state index in [1.54, 1.807) is 6.20 Å². The number of nitrogens with zero attached hydrogens (tertiary/aromatic N) is 5. The van der Waals surface area contributed by atoms with E-state index in [-0.39, 0.29) is 6.61 Å². The van der Waals surface area contributed by atoms with E-state index in [1.165, 1.54) is 10.6 Å². The molecule has 0 atom stereocenters. The Bertz CT molecular complexity index is 1390. The van der Waals surface area contributed by atoms with Gasteiger partial charge in [-0.25, -0.2) is 23.4 Å². The molecule has 5 heterocycles. The molecule has 0 spiro atoms. The smallest absolute Gasteiger partial charge is 0.211 e. The minimum atomic E-state index is -3.17. The molecule has 1 aliphatic heterocycles. The number of sulfonamides is 1. The van der Waals surface area contributed by atoms with Crippen LogP contribution in [0.4, 0.5) is 5.82 Å². The highest BCUT2D eigenvalue weighted by atomic mass is 32.2. The summed E-state index contributed by atoms with van der Waals surface area (Å²) in [7, 11) is -3.17. The van der Waals surface area contributed by atoms with Gasteiger partial charge in [-0.05, 0) is 12.1 Å². The van der Waals surface area contributed by atoms with E-state index in [4.69, 9.17) is 9.40 Å². The third-order valence-corrected chi connectivity index (χ3v) is 6.97. The number of anilines is 1. The average molecular weight is 472 g/mol. The van der Waals surface area contributed by atoms with Crippen LogP contribution in [0.25, 0.3) is 33.5 Å². The normalized spacial score (nSPS) is 16.1. The lowest BCUT2D eigenvalue weighted by Crippen LogP contribution is -2.47. The molecule has 3 N–H and O–H groups in total. The van der Waals surface area contributed by atoms with Crippen molar-refractivity contribution in [2.45, 2.75) is 6.54 Å². The van der Waals surface area contributed by atoms with Crippen molar-refractivity contribution < 1.29 is 17.9 Å². The fourth-order valence-electron chi connectivity index (χ4n) is 3.98. The summed E-state index contributed by atoms with van der Waals surface area (Å²) in [5.74, 6) is 1.73. The van der Waals surface area contributed by atoms with Crippen LogP contribution < -0.4 is 5.32 Å². The quantitative estimate of drug-likeness (QED) is 0.363. The van der Waals surface area contributed by atoms with Gasteiger partial charge in [-0.1, -0.05) is 0 Å². The van der Waals surface area contributed by atoms with Crippen LogP contribution >= 0.6 is 0 Å². The molecule has 0 saturated carbocycles. The van der Waals surface area contributed by atoms with Gasteiger partial charge in [-0.2, -0.15) is 4.31 Å². The van der Waals surface area contributed by atoms with E-state index in [2.05, 4.69) is 25.2 Å². The molecule has 0 bridgehead atoms. The van der Waals surface area contributed by atoms with Crippen LogP contribution in [-0.4, -0.2) is 88.3 Å². The predicted octanol–water partition coefficient (Wildman–Crippen LogP) is 1.25. The summed E-state index contributed by atoms with van der Waals surface area (Å²) in [6, 6.07) is 5.79. The van der Waals surface area contributed by atoms with E-state index < -0.39 is 10.0 Å². The molecule has 0 aliphatic carbocycles. The molecule has 0 radical (unpaired) electrons. The fraction of sp³-hybridized carbons (Fsp3) is 0.381. The van der Waals surface area contributed by atoms with Gasteiger partial charge in [0, 0.05) is 62.1 Å². The number of aliphatic hydroxyl groups is 1. The topological polar surface area (TPSA) is 140 Å². The monoisotopic (exact) mass is 471 g/mol. The number of aromatic nitrogens is 4. The third-order valence-electron chi connectivity index (χ3n) is 5.66. The van der Waals surface area contributed by atoms with E-state index in [1.807, 2.05) is 24.4 Å². The average Bonchev–Trinajstić information content (AvgIpc) is 3.43. The molecule has 0 unspecified atom stereocenters. The van der Waals surface area contributed by atoms with Crippen molar-refractivity contribution in [3.05, 3.63) is 36.4 Å². The second kappa shape index (κ2) is 8.71. The standard InChI is InChI=1S/C21H25N7O4S/c1-33(30,31)28-7-5-27(6-8-28)13-16-11-17-18(32-16)21(23-4-9-29)26-20(25-17)15-10-14-2-3-22-19(14)24-12-15/h2-3,10-12,29H,4-9,13H2,1H3,(H,22,24)(H,23,25,26). The van der Waals surface area contributed by atoms with Crippen LogP contribution in [0.1, 0.15) is 5.76 Å². The molecule has 174 valence electrons. The molecule has 33 heavy (non-hydrogen) atoms. The number of hydrogen-bond donors (Lipinski definition) is 3. The molecule has 4 aromatic heterocycles. The summed E-state index contributed by atoms with van der Waals surface area (Å²) < 4.78 is 31.1. The molecule has 1 aliphatic rings. The number of fused-ring (bicyclic) bond motifs is 2. The first-order valence-electron chi connectivity index (χ1n) is 10.7. The second-order valence-corrected chi connectivity index (χ2v) is 10.0. The van der Waals surface area contributed by atoms with Crippen LogP contribution in [-0.2, 0) is 16.6 Å². The number of aliphatic hydroxyl groups excluding tert-OH is 1. The van der Waals surface area contributed by atoms with Crippen molar-refractivity contribution in [1.29, 1.82) is 0 Å². The van der Waals surface area contributed by atoms with Crippen LogP contribution in [0.15, 0.2) is 35.0 Å². The largest absolute Gasteiger partial charge is 0.454 e. The molecule has 0 aromatic carbocycles. The zero-order valence-corrected chi connectivity index (χ0v) is 19.0. The Morgan fingerprint density at radius 2 is 2.03 bits per heavy atom. The summed E-state index contributed by atoms with van der Waals surface area (Å²) in [5, 5.41) is 13.3. The summed E-state index contributed by atoms with van der Waals surface area (Å²) in [5.41, 5.74) is 2.74. The Morgan fingerprint density at radius 1 is 1.21 bits per heavy atom. The van der Waals surface area contributed by atoms with Crippen molar-refractivity contribution in [2.24, 2.45) is 0 Å². The van der Waals surface area contributed by atoms with Gasteiger partial charge >= 0.3 is 0 Å². The third kappa shape index (κ3) is 4.55. The van der Waals surface area contributed by atoms with Crippen LogP contribution in [0, 0.1) is 0 Å². The van der Waals surface area contributed by atoms with Crippen molar-refractivity contribution in [3.63, 3.8) is 0 Å². The van der Waals surface area contributed by atoms with Crippen molar-refractivity contribution in [1.82, 2.24) is 29.1 Å². The maximum atomic E-state index is 11.7. The molecule has 1 fully saturated rings. The number of nitrogens with one attached hydrogen (secondary N) is 2. The number of pyridine rings is 1. The van der Waals surface area contributed by atoms with Gasteiger partial charge in [0.1, 0.15) is 16.9 Å². The van der Waals surface area contributed by atoms with Gasteiger partial charge in [-0.3, -0.25) is 4.90 Å². The number of rotatable bonds is 7. The number of aromatic amines is 1. The molecular formula is C21H25N7O4S. The predicted molar refractivity (Wildman–Crippen MR) is 124 cm³/mol. The van der Waals surface area contributed by atoms with E-state index in [9.17, 15) is 13.5 Å². The van der Waals surface area contributed by atoms with Crippen LogP contribution in [0.3, 0.4) is 0 Å². The molecule has 0 amide bonds. The Balaban J connectivity index is 1.43. The lowest BCUT2D eigenvalue weighted by atomic mass is 10.2. The van der Waals surface area contributed by atoms with Crippen molar-refractivity contribution in [2.75, 3.05) is 50.9 Å². The van der Waals surface area contributed by atoms with Gasteiger partial charge < -0.3 is 19.8 Å². The minimum Gasteiger partial charge on any atom is -0.454 e. The molecular weight excluding hydrogens is 446 g/mol. The number of hydrogen-bond acceptors (Lipinski definition) is 9. The summed E-state index contributed by atoms with van der Waals surface area (Å²) in [6.07, 6.45) is 4.79. The Kier molecular flexibility index (Phi) is 5.74. The highest BCUT2D eigenvalue weighted by Crippen LogP contribution is 2.29. The van der Waals surface area contributed by atoms with Crippen molar-refractivity contribution in [3.8, 4) is 11.4 Å². The first-order valence-corrected chi connectivity index (χ1v) is 12.5. The van der Waals surface area contributed by atoms with Crippen LogP contribution in [0.5, 0.6) is 0 Å². The van der Waals surface area contributed by atoms with E-state index >= 15 is 0 Å². The zero-order valence-electron chi connectivity index (χ0n) is 18.2. The van der Waals surface area contributed by atoms with Gasteiger partial charge in [0.05, 0.1) is 19.4 Å². The maximum absolute atomic E-state index is 11.7. The summed E-state index contributed by atoms with van der Waals surface area (Å²) in [4.78, 5) is 19.0. The lowest BCUT2D eigenvalue weighted by Gasteiger charge is -2.32. The van der Waals surface area contributed by atoms with E-state index in [0.717, 1.165) is 22.4 Å². The fourth-order valence-corrected chi connectivity index (χ4v) is 4.81. The molecule has 5 rings (SSSR count). The first-order chi connectivity index (χ1) is 15.9. The molecule has 12 heteroatoms. The molecule has 4 aromatic rings. The molecule has 11 nitrogen and oxygen atoms in total. The number of H-pyrrole nitrogens is 1. The van der Waals surface area contributed by atoms with Crippen molar-refractivity contribution >= 4 is 38.0 Å². The molecule has 1 saturated heterocycles. The van der Waals surface area contributed by atoms with Gasteiger partial charge in [-0.15, -0.1) is 0 Å². The summed E-state index contributed by atoms with van der Waals surface area (Å²) in [6.45, 7) is 2.99. The SMILES string of the molecule is CS(=O)(=O)N1CCN(Cc2cc3nc(-c4cnc5[nH]ccc5c4)nc(NCCO)c3o2)CC1. The highest BCUT2D eigenvalue weighted by molar-refractivity contribution is 7.88. The highest BCUT2D eigenvalue weighted by Gasteiger charge is 2.24. The Labute approximate surface area is 190 Å². The van der Waals surface area contributed by atoms with Gasteiger partial charge in [0.25, 0.3) is 0 Å². The maximum Gasteiger partial charge on any atom is 0.211 e. The Hall–Kier alpha value is -3.06. The zero-order chi connectivity index (χ0) is 23.0. The summed E-state index contributed by atoms with van der Waals surface area (Å²) >= 11 is 0. The second-order valence-electron chi connectivity index (χ2n) is 8.05. The van der Waals surface area contributed by atoms with Crippen LogP contribution in [0.2, 0.25) is 0 Å². The lowest BCUT2D eigenvalue weighted by molar-refractivity contribution is 0.172. The van der Waals surface area contributed by atoms with E-state index in [0.29, 0.717) is 62.0 Å². The number of piperazine rings is 1. The number of furan rings is 1. The minimum absolute atomic E-state index is 0.0458. The Morgan fingerprint density at radius 3 is 2.79 bits per heavy atom. The van der Waals surface area contributed by atoms with Gasteiger partial charge in [0.2, 0.25) is 10.0 Å². The first kappa shape index (κ1) is 21.8. The van der Waals surface area contributed by atoms with Gasteiger partial charge in [0.15, 0.2) is 17.2 Å².